The molecule has 1 aromatic carbocycles. The lowest BCUT2D eigenvalue weighted by atomic mass is 10.1. The monoisotopic (exact) mass is 303 g/mol. The topological polar surface area (TPSA) is 29.9 Å². The lowest BCUT2D eigenvalue weighted by Crippen LogP contribution is -2.12. The van der Waals surface area contributed by atoms with E-state index in [1.165, 1.54) is 12.1 Å². The lowest BCUT2D eigenvalue weighted by molar-refractivity contribution is -0.136. The SMILES string of the molecule is CCn1cncc1CNc1ccc(Cl)cc1C(F)(F)F. The molecule has 1 N–H and O–H groups in total. The van der Waals surface area contributed by atoms with Crippen LogP contribution in [0, 0.1) is 0 Å². The van der Waals surface area contributed by atoms with E-state index in [0.29, 0.717) is 6.54 Å². The Hall–Kier alpha value is -1.69. The van der Waals surface area contributed by atoms with Gasteiger partial charge in [-0.15, -0.1) is 0 Å². The molecular weight excluding hydrogens is 291 g/mol. The molecule has 0 spiro atoms. The fourth-order valence-electron chi connectivity index (χ4n) is 1.87. The van der Waals surface area contributed by atoms with Crippen molar-refractivity contribution in [2.24, 2.45) is 0 Å². The van der Waals surface area contributed by atoms with Crippen molar-refractivity contribution in [1.82, 2.24) is 9.55 Å². The van der Waals surface area contributed by atoms with E-state index in [0.717, 1.165) is 11.8 Å². The smallest absolute Gasteiger partial charge is 0.379 e. The van der Waals surface area contributed by atoms with E-state index in [9.17, 15) is 13.2 Å². The molecule has 2 aromatic rings. The Morgan fingerprint density at radius 3 is 2.75 bits per heavy atom. The maximum absolute atomic E-state index is 12.9. The first-order valence-corrected chi connectivity index (χ1v) is 6.39. The van der Waals surface area contributed by atoms with Crippen molar-refractivity contribution < 1.29 is 13.2 Å². The van der Waals surface area contributed by atoms with Gasteiger partial charge in [-0.2, -0.15) is 13.2 Å². The maximum Gasteiger partial charge on any atom is 0.418 e. The highest BCUT2D eigenvalue weighted by molar-refractivity contribution is 6.30. The van der Waals surface area contributed by atoms with Crippen molar-refractivity contribution in [3.8, 4) is 0 Å². The van der Waals surface area contributed by atoms with Crippen LogP contribution in [-0.2, 0) is 19.3 Å². The third-order valence-electron chi connectivity index (χ3n) is 2.89. The molecule has 7 heteroatoms. The first-order chi connectivity index (χ1) is 9.41. The Balaban J connectivity index is 2.22. The van der Waals surface area contributed by atoms with Crippen molar-refractivity contribution in [2.75, 3.05) is 5.32 Å². The molecule has 108 valence electrons. The minimum atomic E-state index is -4.45. The van der Waals surface area contributed by atoms with Crippen LogP contribution in [0.25, 0.3) is 0 Å². The molecule has 1 heterocycles. The second-order valence-electron chi connectivity index (χ2n) is 4.21. The summed E-state index contributed by atoms with van der Waals surface area (Å²) in [4.78, 5) is 3.97. The third kappa shape index (κ3) is 3.25. The predicted octanol–water partition coefficient (Wildman–Crippen LogP) is 4.19. The summed E-state index contributed by atoms with van der Waals surface area (Å²) in [6.07, 6.45) is -1.18. The van der Waals surface area contributed by atoms with E-state index < -0.39 is 11.7 Å². The Labute approximate surface area is 119 Å². The molecule has 0 unspecified atom stereocenters. The Morgan fingerprint density at radius 2 is 2.10 bits per heavy atom. The first kappa shape index (κ1) is 14.7. The Morgan fingerprint density at radius 1 is 1.35 bits per heavy atom. The van der Waals surface area contributed by atoms with Crippen LogP contribution in [-0.4, -0.2) is 9.55 Å². The van der Waals surface area contributed by atoms with Crippen molar-refractivity contribution in [1.29, 1.82) is 0 Å². The lowest BCUT2D eigenvalue weighted by Gasteiger charge is -2.15. The summed E-state index contributed by atoms with van der Waals surface area (Å²) in [5, 5.41) is 2.84. The van der Waals surface area contributed by atoms with Gasteiger partial charge >= 0.3 is 6.18 Å². The number of aromatic nitrogens is 2. The van der Waals surface area contributed by atoms with Crippen LogP contribution in [0.5, 0.6) is 0 Å². The molecule has 0 radical (unpaired) electrons. The minimum absolute atomic E-state index is 0.00533. The molecular formula is C13H13ClF3N3. The van der Waals surface area contributed by atoms with Gasteiger partial charge in [0, 0.05) is 23.5 Å². The number of nitrogens with one attached hydrogen (secondary N) is 1. The third-order valence-corrected chi connectivity index (χ3v) is 3.12. The molecule has 3 nitrogen and oxygen atoms in total. The zero-order valence-corrected chi connectivity index (χ0v) is 11.5. The number of imidazole rings is 1. The normalized spacial score (nSPS) is 11.7. The number of hydrogen-bond acceptors (Lipinski definition) is 2. The molecule has 1 aromatic heterocycles. The van der Waals surface area contributed by atoms with Crippen LogP contribution < -0.4 is 5.32 Å². The summed E-state index contributed by atoms with van der Waals surface area (Å²) >= 11 is 5.63. The molecule has 0 atom stereocenters. The van der Waals surface area contributed by atoms with E-state index >= 15 is 0 Å². The molecule has 0 aliphatic rings. The van der Waals surface area contributed by atoms with E-state index in [4.69, 9.17) is 11.6 Å². The number of nitrogens with zero attached hydrogens (tertiary/aromatic N) is 2. The summed E-state index contributed by atoms with van der Waals surface area (Å²) in [5.74, 6) is 0. The summed E-state index contributed by atoms with van der Waals surface area (Å²) in [6.45, 7) is 2.91. The van der Waals surface area contributed by atoms with E-state index in [-0.39, 0.29) is 17.3 Å². The standard InChI is InChI=1S/C13H13ClF3N3/c1-2-20-8-18-6-10(20)7-19-12-4-3-9(14)5-11(12)13(15,16)17/h3-6,8,19H,2,7H2,1H3. The molecule has 0 amide bonds. The number of halogens is 4. The number of anilines is 1. The van der Waals surface area contributed by atoms with Crippen molar-refractivity contribution in [3.05, 3.63) is 47.0 Å². The first-order valence-electron chi connectivity index (χ1n) is 6.01. The van der Waals surface area contributed by atoms with Crippen LogP contribution in [0.1, 0.15) is 18.2 Å². The van der Waals surface area contributed by atoms with Gasteiger partial charge in [-0.1, -0.05) is 11.6 Å². The van der Waals surface area contributed by atoms with Crippen LogP contribution >= 0.6 is 11.6 Å². The van der Waals surface area contributed by atoms with Crippen molar-refractivity contribution >= 4 is 17.3 Å². The van der Waals surface area contributed by atoms with E-state index in [1.54, 1.807) is 12.5 Å². The highest BCUT2D eigenvalue weighted by Gasteiger charge is 2.33. The van der Waals surface area contributed by atoms with Crippen molar-refractivity contribution in [2.45, 2.75) is 26.2 Å². The number of alkyl halides is 3. The summed E-state index contributed by atoms with van der Waals surface area (Å²) in [7, 11) is 0. The zero-order chi connectivity index (χ0) is 14.8. The molecule has 0 saturated carbocycles. The minimum Gasteiger partial charge on any atom is -0.379 e. The molecule has 2 rings (SSSR count). The van der Waals surface area contributed by atoms with Gasteiger partial charge in [0.15, 0.2) is 0 Å². The van der Waals surface area contributed by atoms with Crippen LogP contribution in [0.15, 0.2) is 30.7 Å². The van der Waals surface area contributed by atoms with Gasteiger partial charge in [-0.3, -0.25) is 0 Å². The quantitative estimate of drug-likeness (QED) is 0.918. The number of aryl methyl sites for hydroxylation is 1. The zero-order valence-electron chi connectivity index (χ0n) is 10.7. The Bertz CT molecular complexity index is 593. The number of rotatable bonds is 4. The number of hydrogen-bond donors (Lipinski definition) is 1. The van der Waals surface area contributed by atoms with Gasteiger partial charge in [0.1, 0.15) is 0 Å². The largest absolute Gasteiger partial charge is 0.418 e. The Kier molecular flexibility index (Phi) is 4.23. The van der Waals surface area contributed by atoms with Crippen molar-refractivity contribution in [3.63, 3.8) is 0 Å². The fraction of sp³-hybridized carbons (Fsp3) is 0.308. The summed E-state index contributed by atoms with van der Waals surface area (Å²) < 4.78 is 40.6. The highest BCUT2D eigenvalue weighted by atomic mass is 35.5. The second-order valence-corrected chi connectivity index (χ2v) is 4.65. The average molecular weight is 304 g/mol. The second kappa shape index (κ2) is 5.75. The van der Waals surface area contributed by atoms with Gasteiger partial charge in [-0.25, -0.2) is 4.98 Å². The van der Waals surface area contributed by atoms with Gasteiger partial charge in [0.2, 0.25) is 0 Å². The van der Waals surface area contributed by atoms with Crippen LogP contribution in [0.3, 0.4) is 0 Å². The number of benzene rings is 1. The van der Waals surface area contributed by atoms with E-state index in [1.807, 2.05) is 11.5 Å². The van der Waals surface area contributed by atoms with E-state index in [2.05, 4.69) is 10.3 Å². The molecule has 0 fully saturated rings. The van der Waals surface area contributed by atoms with Gasteiger partial charge < -0.3 is 9.88 Å². The highest BCUT2D eigenvalue weighted by Crippen LogP contribution is 2.36. The molecule has 0 saturated heterocycles. The fourth-order valence-corrected chi connectivity index (χ4v) is 2.04. The molecule has 0 aliphatic heterocycles. The van der Waals surface area contributed by atoms with Crippen LogP contribution in [0.4, 0.5) is 18.9 Å². The van der Waals surface area contributed by atoms with Gasteiger partial charge in [0.05, 0.1) is 24.1 Å². The average Bonchev–Trinajstić information content (AvgIpc) is 2.83. The predicted molar refractivity (Wildman–Crippen MR) is 71.7 cm³/mol. The molecule has 0 bridgehead atoms. The summed E-state index contributed by atoms with van der Waals surface area (Å²) in [6, 6.07) is 3.68. The van der Waals surface area contributed by atoms with Crippen LogP contribution in [0.2, 0.25) is 5.02 Å². The molecule has 0 aliphatic carbocycles. The maximum atomic E-state index is 12.9. The molecule has 20 heavy (non-hydrogen) atoms. The van der Waals surface area contributed by atoms with Gasteiger partial charge in [-0.05, 0) is 25.1 Å². The van der Waals surface area contributed by atoms with Gasteiger partial charge in [0.25, 0.3) is 0 Å². The summed E-state index contributed by atoms with van der Waals surface area (Å²) in [5.41, 5.74) is 0.0499.